The van der Waals surface area contributed by atoms with Crippen molar-refractivity contribution in [2.45, 2.75) is 0 Å². The number of halogens is 2. The molecule has 6 heteroatoms. The number of rotatable bonds is 4. The van der Waals surface area contributed by atoms with Crippen LogP contribution < -0.4 is 5.32 Å². The Labute approximate surface area is 131 Å². The quantitative estimate of drug-likeness (QED) is 0.871. The van der Waals surface area contributed by atoms with Gasteiger partial charge in [-0.2, -0.15) is 0 Å². The Balaban J connectivity index is 1.92. The number of carbonyl (C=O) groups is 2. The van der Waals surface area contributed by atoms with Gasteiger partial charge in [0.25, 0.3) is 5.91 Å². The number of amides is 1. The van der Waals surface area contributed by atoms with Crippen molar-refractivity contribution in [2.24, 2.45) is 0 Å². The van der Waals surface area contributed by atoms with Crippen molar-refractivity contribution in [2.75, 3.05) is 11.9 Å². The number of hydrogen-bond acceptors (Lipinski definition) is 3. The maximum Gasteiger partial charge on any atom is 0.340 e. The Bertz CT molecular complexity index is 659. The first-order valence-electron chi connectivity index (χ1n) is 6.04. The Morgan fingerprint density at radius 3 is 2.43 bits per heavy atom. The fourth-order valence-corrected chi connectivity index (χ4v) is 1.97. The Morgan fingerprint density at radius 2 is 1.71 bits per heavy atom. The molecular formula is C15H11Cl2NO3. The van der Waals surface area contributed by atoms with Crippen LogP contribution in [0.25, 0.3) is 0 Å². The SMILES string of the molecule is O=C(COC(=O)c1cccc(Cl)c1Cl)Nc1ccccc1. The highest BCUT2D eigenvalue weighted by atomic mass is 35.5. The van der Waals surface area contributed by atoms with Gasteiger partial charge in [0.2, 0.25) is 0 Å². The zero-order valence-corrected chi connectivity index (χ0v) is 12.3. The molecule has 21 heavy (non-hydrogen) atoms. The Hall–Kier alpha value is -2.04. The molecule has 0 aromatic heterocycles. The molecule has 0 spiro atoms. The number of nitrogens with one attached hydrogen (secondary N) is 1. The number of para-hydroxylation sites is 1. The van der Waals surface area contributed by atoms with Crippen molar-refractivity contribution in [1.82, 2.24) is 0 Å². The zero-order valence-electron chi connectivity index (χ0n) is 10.8. The van der Waals surface area contributed by atoms with Gasteiger partial charge in [-0.05, 0) is 24.3 Å². The summed E-state index contributed by atoms with van der Waals surface area (Å²) in [7, 11) is 0. The van der Waals surface area contributed by atoms with Crippen molar-refractivity contribution in [1.29, 1.82) is 0 Å². The van der Waals surface area contributed by atoms with Crippen molar-refractivity contribution in [3.63, 3.8) is 0 Å². The molecule has 0 atom stereocenters. The van der Waals surface area contributed by atoms with Gasteiger partial charge in [-0.15, -0.1) is 0 Å². The van der Waals surface area contributed by atoms with Crippen LogP contribution in [0.15, 0.2) is 48.5 Å². The highest BCUT2D eigenvalue weighted by Crippen LogP contribution is 2.25. The van der Waals surface area contributed by atoms with Crippen molar-refractivity contribution >= 4 is 40.8 Å². The van der Waals surface area contributed by atoms with E-state index in [0.717, 1.165) is 0 Å². The molecule has 2 aromatic carbocycles. The third kappa shape index (κ3) is 4.21. The summed E-state index contributed by atoms with van der Waals surface area (Å²) in [5, 5.41) is 2.95. The number of carbonyl (C=O) groups excluding carboxylic acids is 2. The molecule has 0 aliphatic heterocycles. The van der Waals surface area contributed by atoms with E-state index >= 15 is 0 Å². The molecule has 0 fully saturated rings. The molecule has 0 saturated carbocycles. The fourth-order valence-electron chi connectivity index (χ4n) is 1.59. The summed E-state index contributed by atoms with van der Waals surface area (Å²) in [6, 6.07) is 13.5. The normalized spacial score (nSPS) is 10.0. The number of benzene rings is 2. The highest BCUT2D eigenvalue weighted by molar-refractivity contribution is 6.43. The van der Waals surface area contributed by atoms with Crippen LogP contribution in [0.5, 0.6) is 0 Å². The summed E-state index contributed by atoms with van der Waals surface area (Å²) < 4.78 is 4.90. The van der Waals surface area contributed by atoms with Crippen molar-refractivity contribution < 1.29 is 14.3 Å². The van der Waals surface area contributed by atoms with E-state index in [1.807, 2.05) is 6.07 Å². The van der Waals surface area contributed by atoms with E-state index in [4.69, 9.17) is 27.9 Å². The van der Waals surface area contributed by atoms with Crippen molar-refractivity contribution in [3.8, 4) is 0 Å². The molecule has 0 aliphatic carbocycles. The summed E-state index contributed by atoms with van der Waals surface area (Å²) in [6.07, 6.45) is 0. The molecule has 2 rings (SSSR count). The van der Waals surface area contributed by atoms with Crippen LogP contribution >= 0.6 is 23.2 Å². The predicted molar refractivity (Wildman–Crippen MR) is 81.8 cm³/mol. The largest absolute Gasteiger partial charge is 0.452 e. The summed E-state index contributed by atoms with van der Waals surface area (Å²) in [4.78, 5) is 23.5. The second-order valence-electron chi connectivity index (χ2n) is 4.09. The van der Waals surface area contributed by atoms with Gasteiger partial charge >= 0.3 is 5.97 Å². The maximum atomic E-state index is 11.8. The minimum atomic E-state index is -0.703. The van der Waals surface area contributed by atoms with Crippen LogP contribution in [-0.2, 0) is 9.53 Å². The first kappa shape index (κ1) is 15.4. The Morgan fingerprint density at radius 1 is 1.00 bits per heavy atom. The summed E-state index contributed by atoms with van der Waals surface area (Å²) in [5.74, 6) is -1.14. The fraction of sp³-hybridized carbons (Fsp3) is 0.0667. The van der Waals surface area contributed by atoms with Gasteiger partial charge in [0.15, 0.2) is 6.61 Å². The van der Waals surface area contributed by atoms with Crippen molar-refractivity contribution in [3.05, 3.63) is 64.1 Å². The molecule has 0 heterocycles. The Kier molecular flexibility index (Phi) is 5.20. The van der Waals surface area contributed by atoms with Gasteiger partial charge in [-0.25, -0.2) is 4.79 Å². The van der Waals surface area contributed by atoms with E-state index in [1.54, 1.807) is 36.4 Å². The molecule has 2 aromatic rings. The van der Waals surface area contributed by atoms with Crippen LogP contribution in [0.2, 0.25) is 10.0 Å². The maximum absolute atomic E-state index is 11.8. The molecule has 0 aliphatic rings. The zero-order chi connectivity index (χ0) is 15.2. The van der Waals surface area contributed by atoms with Gasteiger partial charge in [-0.1, -0.05) is 47.5 Å². The smallest absolute Gasteiger partial charge is 0.340 e. The second kappa shape index (κ2) is 7.11. The molecule has 1 amide bonds. The number of ether oxygens (including phenoxy) is 1. The molecule has 1 N–H and O–H groups in total. The average Bonchev–Trinajstić information content (AvgIpc) is 2.48. The number of anilines is 1. The van der Waals surface area contributed by atoms with Crippen LogP contribution in [0, 0.1) is 0 Å². The van der Waals surface area contributed by atoms with E-state index in [0.29, 0.717) is 5.69 Å². The monoisotopic (exact) mass is 323 g/mol. The third-order valence-electron chi connectivity index (χ3n) is 2.56. The first-order valence-corrected chi connectivity index (χ1v) is 6.79. The highest BCUT2D eigenvalue weighted by Gasteiger charge is 2.15. The number of esters is 1. The molecule has 0 unspecified atom stereocenters. The van der Waals surface area contributed by atoms with Gasteiger partial charge in [0.05, 0.1) is 15.6 Å². The standard InChI is InChI=1S/C15H11Cl2NO3/c16-12-8-4-7-11(14(12)17)15(20)21-9-13(19)18-10-5-2-1-3-6-10/h1-8H,9H2,(H,18,19). The number of hydrogen-bond donors (Lipinski definition) is 1. The van der Waals surface area contributed by atoms with Gasteiger partial charge in [0.1, 0.15) is 0 Å². The van der Waals surface area contributed by atoms with E-state index in [2.05, 4.69) is 5.32 Å². The molecule has 0 bridgehead atoms. The van der Waals surface area contributed by atoms with E-state index < -0.39 is 18.5 Å². The lowest BCUT2D eigenvalue weighted by Gasteiger charge is -2.08. The lowest BCUT2D eigenvalue weighted by atomic mass is 10.2. The minimum Gasteiger partial charge on any atom is -0.452 e. The lowest BCUT2D eigenvalue weighted by molar-refractivity contribution is -0.119. The summed E-state index contributed by atoms with van der Waals surface area (Å²) in [6.45, 7) is -0.406. The third-order valence-corrected chi connectivity index (χ3v) is 3.38. The summed E-state index contributed by atoms with van der Waals surface area (Å²) >= 11 is 11.7. The van der Waals surface area contributed by atoms with E-state index in [1.165, 1.54) is 6.07 Å². The molecule has 0 saturated heterocycles. The van der Waals surface area contributed by atoms with Crippen LogP contribution in [0.4, 0.5) is 5.69 Å². The van der Waals surface area contributed by atoms with Gasteiger partial charge < -0.3 is 10.1 Å². The molecule has 4 nitrogen and oxygen atoms in total. The van der Waals surface area contributed by atoms with E-state index in [9.17, 15) is 9.59 Å². The van der Waals surface area contributed by atoms with Gasteiger partial charge in [-0.3, -0.25) is 4.79 Å². The molecule has 108 valence electrons. The first-order chi connectivity index (χ1) is 10.1. The topological polar surface area (TPSA) is 55.4 Å². The summed E-state index contributed by atoms with van der Waals surface area (Å²) in [5.41, 5.74) is 0.746. The minimum absolute atomic E-state index is 0.104. The van der Waals surface area contributed by atoms with Gasteiger partial charge in [0, 0.05) is 5.69 Å². The lowest BCUT2D eigenvalue weighted by Crippen LogP contribution is -2.21. The molecular weight excluding hydrogens is 313 g/mol. The van der Waals surface area contributed by atoms with Crippen LogP contribution in [0.1, 0.15) is 10.4 Å². The van der Waals surface area contributed by atoms with E-state index in [-0.39, 0.29) is 15.6 Å². The predicted octanol–water partition coefficient (Wildman–Crippen LogP) is 3.79. The van der Waals surface area contributed by atoms with Crippen LogP contribution in [-0.4, -0.2) is 18.5 Å². The molecule has 0 radical (unpaired) electrons. The van der Waals surface area contributed by atoms with Crippen LogP contribution in [0.3, 0.4) is 0 Å². The average molecular weight is 324 g/mol. The second-order valence-corrected chi connectivity index (χ2v) is 4.88.